The predicted molar refractivity (Wildman–Crippen MR) is 46.4 cm³/mol. The molecular formula is C7H11BrN2O. The van der Waals surface area contributed by atoms with Crippen LogP contribution in [0.3, 0.4) is 0 Å². The maximum atomic E-state index is 8.72. The van der Waals surface area contributed by atoms with Crippen LogP contribution in [0.5, 0.6) is 0 Å². The van der Waals surface area contributed by atoms with Gasteiger partial charge in [0.1, 0.15) is 4.60 Å². The fraction of sp³-hybridized carbons (Fsp3) is 0.571. The third-order valence-corrected chi connectivity index (χ3v) is 2.62. The highest BCUT2D eigenvalue weighted by Gasteiger charge is 2.08. The summed E-state index contributed by atoms with van der Waals surface area (Å²) < 4.78 is 2.73. The summed E-state index contributed by atoms with van der Waals surface area (Å²) in [5.41, 5.74) is 2.07. The van der Waals surface area contributed by atoms with Crippen LogP contribution in [0.15, 0.2) is 4.60 Å². The number of aliphatic hydroxyl groups is 1. The molecule has 0 amide bonds. The highest BCUT2D eigenvalue weighted by molar-refractivity contribution is 9.10. The first kappa shape index (κ1) is 8.74. The van der Waals surface area contributed by atoms with Gasteiger partial charge in [0, 0.05) is 25.6 Å². The van der Waals surface area contributed by atoms with Crippen molar-refractivity contribution in [1.29, 1.82) is 0 Å². The minimum atomic E-state index is 0.172. The molecule has 0 aliphatic heterocycles. The zero-order chi connectivity index (χ0) is 8.43. The maximum absolute atomic E-state index is 8.72. The lowest BCUT2D eigenvalue weighted by atomic mass is 10.2. The molecule has 62 valence electrons. The Morgan fingerprint density at radius 3 is 2.64 bits per heavy atom. The molecule has 0 aliphatic rings. The van der Waals surface area contributed by atoms with E-state index in [1.807, 2.05) is 14.0 Å². The van der Waals surface area contributed by atoms with Crippen LogP contribution in [0, 0.1) is 6.92 Å². The van der Waals surface area contributed by atoms with Crippen LogP contribution in [0.2, 0.25) is 0 Å². The van der Waals surface area contributed by atoms with Crippen LogP contribution in [0.1, 0.15) is 11.3 Å². The summed E-state index contributed by atoms with van der Waals surface area (Å²) in [6.07, 6.45) is 0.667. The Morgan fingerprint density at radius 2 is 2.27 bits per heavy atom. The molecule has 0 atom stereocenters. The number of hydrogen-bond donors (Lipinski definition) is 1. The van der Waals surface area contributed by atoms with E-state index in [1.54, 1.807) is 4.68 Å². The van der Waals surface area contributed by atoms with Crippen molar-refractivity contribution in [2.75, 3.05) is 6.61 Å². The monoisotopic (exact) mass is 218 g/mol. The molecule has 0 saturated heterocycles. The van der Waals surface area contributed by atoms with E-state index < -0.39 is 0 Å². The van der Waals surface area contributed by atoms with Gasteiger partial charge in [-0.25, -0.2) is 0 Å². The van der Waals surface area contributed by atoms with E-state index in [1.165, 1.54) is 0 Å². The lowest BCUT2D eigenvalue weighted by Gasteiger charge is -1.95. The molecule has 1 N–H and O–H groups in total. The van der Waals surface area contributed by atoms with Gasteiger partial charge < -0.3 is 5.11 Å². The van der Waals surface area contributed by atoms with Crippen LogP contribution < -0.4 is 0 Å². The Labute approximate surface area is 74.2 Å². The van der Waals surface area contributed by atoms with Gasteiger partial charge in [0.15, 0.2) is 0 Å². The molecule has 1 heterocycles. The molecule has 3 nitrogen and oxygen atoms in total. The SMILES string of the molecule is Cc1nn(C)c(Br)c1CCO. The van der Waals surface area contributed by atoms with Crippen LogP contribution in [0.25, 0.3) is 0 Å². The lowest BCUT2D eigenvalue weighted by Crippen LogP contribution is -1.92. The zero-order valence-electron chi connectivity index (χ0n) is 6.63. The molecule has 0 spiro atoms. The van der Waals surface area contributed by atoms with Crippen LogP contribution >= 0.6 is 15.9 Å². The summed E-state index contributed by atoms with van der Waals surface area (Å²) >= 11 is 3.39. The van der Waals surface area contributed by atoms with Crippen LogP contribution in [-0.4, -0.2) is 21.5 Å². The highest BCUT2D eigenvalue weighted by atomic mass is 79.9. The number of aromatic nitrogens is 2. The number of halogens is 1. The average Bonchev–Trinajstić information content (AvgIpc) is 2.17. The Morgan fingerprint density at radius 1 is 1.64 bits per heavy atom. The lowest BCUT2D eigenvalue weighted by molar-refractivity contribution is 0.299. The fourth-order valence-corrected chi connectivity index (χ4v) is 1.63. The molecule has 1 aromatic rings. The predicted octanol–water partition coefficient (Wildman–Crippen LogP) is 1.03. The van der Waals surface area contributed by atoms with Crippen molar-refractivity contribution in [2.24, 2.45) is 7.05 Å². The second-order valence-electron chi connectivity index (χ2n) is 2.45. The summed E-state index contributed by atoms with van der Waals surface area (Å²) in [4.78, 5) is 0. The van der Waals surface area contributed by atoms with Crippen molar-refractivity contribution in [3.8, 4) is 0 Å². The van der Waals surface area contributed by atoms with Gasteiger partial charge in [-0.05, 0) is 22.9 Å². The van der Waals surface area contributed by atoms with Crippen molar-refractivity contribution in [3.63, 3.8) is 0 Å². The van der Waals surface area contributed by atoms with Crippen molar-refractivity contribution in [2.45, 2.75) is 13.3 Å². The Kier molecular flexibility index (Phi) is 2.67. The van der Waals surface area contributed by atoms with Gasteiger partial charge in [0.05, 0.1) is 5.69 Å². The van der Waals surface area contributed by atoms with E-state index in [0.29, 0.717) is 6.42 Å². The van der Waals surface area contributed by atoms with Crippen molar-refractivity contribution < 1.29 is 5.11 Å². The Bertz CT molecular complexity index is 257. The number of hydrogen-bond acceptors (Lipinski definition) is 2. The molecule has 0 aromatic carbocycles. The molecule has 0 fully saturated rings. The van der Waals surface area contributed by atoms with Crippen molar-refractivity contribution in [3.05, 3.63) is 15.9 Å². The van der Waals surface area contributed by atoms with Gasteiger partial charge in [0.25, 0.3) is 0 Å². The summed E-state index contributed by atoms with van der Waals surface area (Å²) in [7, 11) is 1.87. The van der Waals surface area contributed by atoms with E-state index in [-0.39, 0.29) is 6.61 Å². The second kappa shape index (κ2) is 3.36. The van der Waals surface area contributed by atoms with Gasteiger partial charge in [0.2, 0.25) is 0 Å². The summed E-state index contributed by atoms with van der Waals surface area (Å²) in [5.74, 6) is 0. The Hall–Kier alpha value is -0.350. The highest BCUT2D eigenvalue weighted by Crippen LogP contribution is 2.19. The molecular weight excluding hydrogens is 208 g/mol. The van der Waals surface area contributed by atoms with Gasteiger partial charge in [-0.1, -0.05) is 0 Å². The molecule has 1 aromatic heterocycles. The van der Waals surface area contributed by atoms with Crippen molar-refractivity contribution >= 4 is 15.9 Å². The largest absolute Gasteiger partial charge is 0.396 e. The minimum Gasteiger partial charge on any atom is -0.396 e. The first-order valence-corrected chi connectivity index (χ1v) is 4.25. The third-order valence-electron chi connectivity index (χ3n) is 1.63. The number of aliphatic hydroxyl groups excluding tert-OH is 1. The van der Waals surface area contributed by atoms with E-state index in [4.69, 9.17) is 5.11 Å². The molecule has 0 saturated carbocycles. The van der Waals surface area contributed by atoms with Gasteiger partial charge >= 0.3 is 0 Å². The van der Waals surface area contributed by atoms with Gasteiger partial charge in [-0.3, -0.25) is 4.68 Å². The standard InChI is InChI=1S/C7H11BrN2O/c1-5-6(3-4-11)7(8)10(2)9-5/h11H,3-4H2,1-2H3. The smallest absolute Gasteiger partial charge is 0.107 e. The number of aryl methyl sites for hydroxylation is 2. The topological polar surface area (TPSA) is 38.0 Å². The second-order valence-corrected chi connectivity index (χ2v) is 3.20. The molecule has 1 rings (SSSR count). The average molecular weight is 219 g/mol. The van der Waals surface area contributed by atoms with Crippen LogP contribution in [-0.2, 0) is 13.5 Å². The molecule has 0 aliphatic carbocycles. The first-order valence-electron chi connectivity index (χ1n) is 3.45. The van der Waals surface area contributed by atoms with Crippen LogP contribution in [0.4, 0.5) is 0 Å². The fourth-order valence-electron chi connectivity index (χ4n) is 1.07. The molecule has 4 heteroatoms. The van der Waals surface area contributed by atoms with E-state index >= 15 is 0 Å². The molecule has 11 heavy (non-hydrogen) atoms. The first-order chi connectivity index (χ1) is 5.16. The molecule has 0 unspecified atom stereocenters. The quantitative estimate of drug-likeness (QED) is 0.806. The van der Waals surface area contributed by atoms with E-state index in [2.05, 4.69) is 21.0 Å². The number of rotatable bonds is 2. The Balaban J connectivity index is 3.02. The molecule has 0 bridgehead atoms. The minimum absolute atomic E-state index is 0.172. The summed E-state index contributed by atoms with van der Waals surface area (Å²) in [6.45, 7) is 2.11. The zero-order valence-corrected chi connectivity index (χ0v) is 8.22. The molecule has 0 radical (unpaired) electrons. The summed E-state index contributed by atoms with van der Waals surface area (Å²) in [6, 6.07) is 0. The maximum Gasteiger partial charge on any atom is 0.107 e. The van der Waals surface area contributed by atoms with Gasteiger partial charge in [-0.2, -0.15) is 5.10 Å². The number of nitrogens with zero attached hydrogens (tertiary/aromatic N) is 2. The van der Waals surface area contributed by atoms with Gasteiger partial charge in [-0.15, -0.1) is 0 Å². The van der Waals surface area contributed by atoms with E-state index in [9.17, 15) is 0 Å². The normalized spacial score (nSPS) is 10.5. The third kappa shape index (κ3) is 1.62. The van der Waals surface area contributed by atoms with Crippen molar-refractivity contribution in [1.82, 2.24) is 9.78 Å². The summed E-state index contributed by atoms with van der Waals surface area (Å²) in [5, 5.41) is 12.9. The van der Waals surface area contributed by atoms with E-state index in [0.717, 1.165) is 15.9 Å².